The van der Waals surface area contributed by atoms with Gasteiger partial charge >= 0.3 is 0 Å². The molecule has 0 spiro atoms. The van der Waals surface area contributed by atoms with E-state index in [0.717, 1.165) is 18.8 Å². The van der Waals surface area contributed by atoms with Gasteiger partial charge in [0.05, 0.1) is 7.11 Å². The van der Waals surface area contributed by atoms with E-state index < -0.39 is 0 Å². The van der Waals surface area contributed by atoms with Crippen molar-refractivity contribution in [3.8, 4) is 5.75 Å². The van der Waals surface area contributed by atoms with Gasteiger partial charge in [0.15, 0.2) is 0 Å². The highest BCUT2D eigenvalue weighted by Gasteiger charge is 2.13. The summed E-state index contributed by atoms with van der Waals surface area (Å²) in [7, 11) is 3.73. The topological polar surface area (TPSA) is 33.3 Å². The fourth-order valence-electron chi connectivity index (χ4n) is 2.25. The van der Waals surface area contributed by atoms with Gasteiger partial charge in [-0.05, 0) is 62.5 Å². The summed E-state index contributed by atoms with van der Waals surface area (Å²) in [6, 6.07) is 4.27. The summed E-state index contributed by atoms with van der Waals surface area (Å²) in [4.78, 5) is 0. The lowest BCUT2D eigenvalue weighted by Crippen LogP contribution is -2.29. The summed E-state index contributed by atoms with van der Waals surface area (Å²) in [5.41, 5.74) is 3.61. The van der Waals surface area contributed by atoms with Gasteiger partial charge in [0.1, 0.15) is 5.75 Å². The van der Waals surface area contributed by atoms with Crippen LogP contribution >= 0.6 is 0 Å². The van der Waals surface area contributed by atoms with Crippen LogP contribution in [0.15, 0.2) is 12.1 Å². The molecule has 0 aromatic heterocycles. The van der Waals surface area contributed by atoms with Gasteiger partial charge in [-0.3, -0.25) is 0 Å². The molecule has 0 aliphatic rings. The molecule has 0 amide bonds. The fourth-order valence-corrected chi connectivity index (χ4v) is 2.25. The zero-order chi connectivity index (χ0) is 14.4. The predicted molar refractivity (Wildman–Crippen MR) is 83.2 cm³/mol. The zero-order valence-corrected chi connectivity index (χ0v) is 13.1. The molecule has 1 aromatic rings. The highest BCUT2D eigenvalue weighted by atomic mass is 16.5. The summed E-state index contributed by atoms with van der Waals surface area (Å²) < 4.78 is 5.35. The number of methoxy groups -OCH3 is 1. The van der Waals surface area contributed by atoms with Crippen LogP contribution < -0.4 is 15.4 Å². The summed E-state index contributed by atoms with van der Waals surface area (Å²) >= 11 is 0. The number of benzene rings is 1. The van der Waals surface area contributed by atoms with Gasteiger partial charge < -0.3 is 15.4 Å². The third-order valence-electron chi connectivity index (χ3n) is 3.71. The first-order valence-electron chi connectivity index (χ1n) is 7.03. The number of aryl methyl sites for hydroxylation is 2. The molecule has 0 bridgehead atoms. The van der Waals surface area contributed by atoms with Gasteiger partial charge in [-0.1, -0.05) is 13.8 Å². The average Bonchev–Trinajstić information content (AvgIpc) is 2.37. The molecule has 19 heavy (non-hydrogen) atoms. The smallest absolute Gasteiger partial charge is 0.122 e. The van der Waals surface area contributed by atoms with Gasteiger partial charge in [0.25, 0.3) is 0 Å². The number of hydrogen-bond acceptors (Lipinski definition) is 3. The second-order valence-corrected chi connectivity index (χ2v) is 5.58. The molecule has 3 nitrogen and oxygen atoms in total. The number of nitrogens with one attached hydrogen (secondary N) is 2. The number of rotatable bonds is 7. The SMILES string of the molecule is CNCC(CNc1cc(C)c(OC)cc1C)C(C)C. The van der Waals surface area contributed by atoms with Crippen LogP contribution in [0.2, 0.25) is 0 Å². The summed E-state index contributed by atoms with van der Waals surface area (Å²) in [6.07, 6.45) is 0. The van der Waals surface area contributed by atoms with Gasteiger partial charge in [-0.15, -0.1) is 0 Å². The van der Waals surface area contributed by atoms with Crippen LogP contribution in [0, 0.1) is 25.7 Å². The monoisotopic (exact) mass is 264 g/mol. The molecule has 1 atom stereocenters. The third-order valence-corrected chi connectivity index (χ3v) is 3.71. The van der Waals surface area contributed by atoms with Crippen LogP contribution in [-0.2, 0) is 0 Å². The van der Waals surface area contributed by atoms with Crippen molar-refractivity contribution < 1.29 is 4.74 Å². The van der Waals surface area contributed by atoms with E-state index in [1.165, 1.54) is 16.8 Å². The van der Waals surface area contributed by atoms with E-state index in [1.807, 2.05) is 7.05 Å². The second kappa shape index (κ2) is 7.39. The van der Waals surface area contributed by atoms with Crippen molar-refractivity contribution in [2.45, 2.75) is 27.7 Å². The van der Waals surface area contributed by atoms with Crippen LogP contribution in [0.3, 0.4) is 0 Å². The van der Waals surface area contributed by atoms with Crippen LogP contribution in [-0.4, -0.2) is 27.2 Å². The minimum absolute atomic E-state index is 0.631. The molecule has 0 radical (unpaired) electrons. The Bertz CT molecular complexity index is 402. The predicted octanol–water partition coefficient (Wildman–Crippen LogP) is 3.22. The lowest BCUT2D eigenvalue weighted by molar-refractivity contribution is 0.390. The van der Waals surface area contributed by atoms with Crippen molar-refractivity contribution >= 4 is 5.69 Å². The Labute approximate surface area is 117 Å². The molecular formula is C16H28N2O. The summed E-state index contributed by atoms with van der Waals surface area (Å²) in [5.74, 6) is 2.25. The van der Waals surface area contributed by atoms with Crippen molar-refractivity contribution in [1.82, 2.24) is 5.32 Å². The Hall–Kier alpha value is -1.22. The highest BCUT2D eigenvalue weighted by Crippen LogP contribution is 2.26. The van der Waals surface area contributed by atoms with E-state index >= 15 is 0 Å². The average molecular weight is 264 g/mol. The maximum absolute atomic E-state index is 5.35. The maximum Gasteiger partial charge on any atom is 0.122 e. The first kappa shape index (κ1) is 15.8. The Kier molecular flexibility index (Phi) is 6.16. The molecule has 108 valence electrons. The molecule has 2 N–H and O–H groups in total. The zero-order valence-electron chi connectivity index (χ0n) is 13.1. The van der Waals surface area contributed by atoms with Crippen LogP contribution in [0.4, 0.5) is 5.69 Å². The third kappa shape index (κ3) is 4.43. The second-order valence-electron chi connectivity index (χ2n) is 5.58. The first-order chi connectivity index (χ1) is 8.99. The molecule has 0 saturated carbocycles. The Morgan fingerprint density at radius 3 is 2.32 bits per heavy atom. The van der Waals surface area contributed by atoms with E-state index in [1.54, 1.807) is 7.11 Å². The lowest BCUT2D eigenvalue weighted by atomic mass is 9.95. The normalized spacial score (nSPS) is 12.6. The summed E-state index contributed by atoms with van der Waals surface area (Å²) in [6.45, 7) is 10.8. The number of anilines is 1. The largest absolute Gasteiger partial charge is 0.496 e. The van der Waals surface area contributed by atoms with Gasteiger partial charge in [0, 0.05) is 12.2 Å². The lowest BCUT2D eigenvalue weighted by Gasteiger charge is -2.22. The Balaban J connectivity index is 2.74. The Morgan fingerprint density at radius 2 is 1.79 bits per heavy atom. The molecule has 1 aromatic carbocycles. The molecule has 0 fully saturated rings. The molecule has 1 unspecified atom stereocenters. The van der Waals surface area contributed by atoms with E-state index in [9.17, 15) is 0 Å². The number of hydrogen-bond donors (Lipinski definition) is 2. The van der Waals surface area contributed by atoms with E-state index in [2.05, 4.69) is 50.5 Å². The van der Waals surface area contributed by atoms with Crippen LogP contribution in [0.5, 0.6) is 5.75 Å². The van der Waals surface area contributed by atoms with E-state index in [0.29, 0.717) is 11.8 Å². The number of ether oxygens (including phenoxy) is 1. The Morgan fingerprint density at radius 1 is 1.11 bits per heavy atom. The first-order valence-corrected chi connectivity index (χ1v) is 7.03. The fraction of sp³-hybridized carbons (Fsp3) is 0.625. The van der Waals surface area contributed by atoms with Crippen molar-refractivity contribution in [3.63, 3.8) is 0 Å². The maximum atomic E-state index is 5.35. The molecule has 1 rings (SSSR count). The quantitative estimate of drug-likeness (QED) is 0.793. The highest BCUT2D eigenvalue weighted by molar-refractivity contribution is 5.57. The van der Waals surface area contributed by atoms with Crippen molar-refractivity contribution in [3.05, 3.63) is 23.3 Å². The molecule has 0 aliphatic heterocycles. The van der Waals surface area contributed by atoms with Crippen LogP contribution in [0.25, 0.3) is 0 Å². The summed E-state index contributed by atoms with van der Waals surface area (Å²) in [5, 5.41) is 6.85. The van der Waals surface area contributed by atoms with Crippen LogP contribution in [0.1, 0.15) is 25.0 Å². The minimum atomic E-state index is 0.631. The van der Waals surface area contributed by atoms with E-state index in [-0.39, 0.29) is 0 Å². The molecule has 0 aliphatic carbocycles. The van der Waals surface area contributed by atoms with Gasteiger partial charge in [-0.2, -0.15) is 0 Å². The molecule has 0 saturated heterocycles. The van der Waals surface area contributed by atoms with Crippen molar-refractivity contribution in [2.75, 3.05) is 32.6 Å². The van der Waals surface area contributed by atoms with Gasteiger partial charge in [0.2, 0.25) is 0 Å². The molecule has 0 heterocycles. The van der Waals surface area contributed by atoms with Crippen molar-refractivity contribution in [2.24, 2.45) is 11.8 Å². The standard InChI is InChI=1S/C16H28N2O/c1-11(2)14(9-17-5)10-18-15-7-13(4)16(19-6)8-12(15)3/h7-8,11,14,17-18H,9-10H2,1-6H3. The van der Waals surface area contributed by atoms with Crippen molar-refractivity contribution in [1.29, 1.82) is 0 Å². The van der Waals surface area contributed by atoms with Gasteiger partial charge in [-0.25, -0.2) is 0 Å². The minimum Gasteiger partial charge on any atom is -0.496 e. The molecular weight excluding hydrogens is 236 g/mol. The van der Waals surface area contributed by atoms with E-state index in [4.69, 9.17) is 4.74 Å². The molecule has 3 heteroatoms.